The molecule has 5 heteroatoms. The van der Waals surface area contributed by atoms with Crippen LogP contribution in [0.1, 0.15) is 5.56 Å². The number of aryl methyl sites for hydroxylation is 1. The molecule has 0 spiro atoms. The summed E-state index contributed by atoms with van der Waals surface area (Å²) in [5.74, 6) is 1.58. The molecule has 0 aromatic heterocycles. The number of ether oxygens (including phenoxy) is 1. The number of nitrogens with zero attached hydrogens (tertiary/aromatic N) is 4. The van der Waals surface area contributed by atoms with E-state index in [0.717, 1.165) is 28.4 Å². The van der Waals surface area contributed by atoms with Gasteiger partial charge in [0.1, 0.15) is 11.5 Å². The SMILES string of the molecule is Cc1cc(Oc2cccc([N+]3=C=[N+](C)C=C3)c2)cc([N+]2=C=[N+](C)C=C2)c1. The highest BCUT2D eigenvalue weighted by Gasteiger charge is 2.19. The van der Waals surface area contributed by atoms with Gasteiger partial charge in [-0.3, -0.25) is 0 Å². The average molecular weight is 344 g/mol. The lowest BCUT2D eigenvalue weighted by Gasteiger charge is -2.06. The summed E-state index contributed by atoms with van der Waals surface area (Å²) in [5.41, 5.74) is 3.15. The van der Waals surface area contributed by atoms with E-state index in [1.54, 1.807) is 0 Å². The average Bonchev–Trinajstić information content (AvgIpc) is 3.23. The molecule has 0 fully saturated rings. The highest BCUT2D eigenvalue weighted by Crippen LogP contribution is 2.29. The van der Waals surface area contributed by atoms with Crippen LogP contribution >= 0.6 is 0 Å². The quantitative estimate of drug-likeness (QED) is 0.775. The lowest BCUT2D eigenvalue weighted by atomic mass is 10.2. The molecule has 0 bridgehead atoms. The Kier molecular flexibility index (Phi) is 3.94. The first-order valence-electron chi connectivity index (χ1n) is 8.40. The standard InChI is InChI=1S/C21H20N4O/c1-17-11-19(25-10-8-23(3)16-25)14-21(12-17)26-20-6-4-5-18(13-20)24-9-7-22(2)15-24/h4-14H,1-3H3/q+4. The molecule has 2 aromatic carbocycles. The van der Waals surface area contributed by atoms with Crippen molar-refractivity contribution in [1.82, 2.24) is 0 Å². The van der Waals surface area contributed by atoms with Crippen LogP contribution in [-0.4, -0.2) is 44.4 Å². The molecule has 5 nitrogen and oxygen atoms in total. The molecule has 2 aliphatic rings. The molecule has 2 heterocycles. The minimum absolute atomic E-state index is 0.783. The molecule has 0 atom stereocenters. The predicted molar refractivity (Wildman–Crippen MR) is 98.2 cm³/mol. The molecule has 0 amide bonds. The first-order valence-corrected chi connectivity index (χ1v) is 8.40. The van der Waals surface area contributed by atoms with Gasteiger partial charge in [-0.25, -0.2) is 0 Å². The van der Waals surface area contributed by atoms with Crippen LogP contribution in [0.3, 0.4) is 0 Å². The Hall–Kier alpha value is -3.52. The third-order valence-corrected chi connectivity index (χ3v) is 4.05. The molecule has 2 aromatic rings. The van der Waals surface area contributed by atoms with Crippen LogP contribution < -0.4 is 4.74 Å². The van der Waals surface area contributed by atoms with Gasteiger partial charge in [-0.05, 0) is 24.6 Å². The molecule has 4 rings (SSSR count). The highest BCUT2D eigenvalue weighted by atomic mass is 16.5. The molecule has 0 unspecified atom stereocenters. The van der Waals surface area contributed by atoms with Gasteiger partial charge in [0.05, 0.1) is 12.1 Å². The number of hydrogen-bond acceptors (Lipinski definition) is 1. The maximum absolute atomic E-state index is 6.13. The molecular formula is C21H20N4O+4. The zero-order chi connectivity index (χ0) is 18.1. The van der Waals surface area contributed by atoms with Crippen molar-refractivity contribution in [3.05, 3.63) is 72.8 Å². The topological polar surface area (TPSA) is 21.3 Å². The van der Waals surface area contributed by atoms with Crippen LogP contribution in [0, 0.1) is 6.92 Å². The van der Waals surface area contributed by atoms with Crippen molar-refractivity contribution in [3.8, 4) is 11.5 Å². The van der Waals surface area contributed by atoms with Crippen molar-refractivity contribution in [2.75, 3.05) is 14.1 Å². The van der Waals surface area contributed by atoms with Crippen LogP contribution in [0.15, 0.2) is 67.3 Å². The summed E-state index contributed by atoms with van der Waals surface area (Å²) in [5, 5.41) is 0. The summed E-state index contributed by atoms with van der Waals surface area (Å²) in [4.78, 5) is 0. The minimum Gasteiger partial charge on any atom is -0.457 e. The Morgan fingerprint density at radius 2 is 1.38 bits per heavy atom. The van der Waals surface area contributed by atoms with Gasteiger partial charge in [0.15, 0.2) is 14.1 Å². The Bertz CT molecular complexity index is 1110. The van der Waals surface area contributed by atoms with Gasteiger partial charge in [0.2, 0.25) is 23.8 Å². The monoisotopic (exact) mass is 344 g/mol. The van der Waals surface area contributed by atoms with Crippen molar-refractivity contribution in [1.29, 1.82) is 0 Å². The third-order valence-electron chi connectivity index (χ3n) is 4.05. The third kappa shape index (κ3) is 3.31. The first kappa shape index (κ1) is 16.0. The van der Waals surface area contributed by atoms with Crippen molar-refractivity contribution in [3.63, 3.8) is 0 Å². The Morgan fingerprint density at radius 1 is 0.731 bits per heavy atom. The van der Waals surface area contributed by atoms with E-state index < -0.39 is 0 Å². The smallest absolute Gasteiger partial charge is 0.457 e. The van der Waals surface area contributed by atoms with Crippen molar-refractivity contribution < 1.29 is 23.0 Å². The number of benzene rings is 2. The molecule has 126 valence electrons. The van der Waals surface area contributed by atoms with E-state index in [2.05, 4.69) is 25.0 Å². The van der Waals surface area contributed by atoms with E-state index in [4.69, 9.17) is 4.74 Å². The maximum atomic E-state index is 6.13. The highest BCUT2D eigenvalue weighted by molar-refractivity contribution is 5.49. The molecule has 0 saturated carbocycles. The van der Waals surface area contributed by atoms with E-state index in [1.165, 1.54) is 0 Å². The molecule has 0 aliphatic carbocycles. The fourth-order valence-corrected chi connectivity index (χ4v) is 2.85. The van der Waals surface area contributed by atoms with Gasteiger partial charge < -0.3 is 4.74 Å². The van der Waals surface area contributed by atoms with Gasteiger partial charge >= 0.3 is 12.0 Å². The second kappa shape index (κ2) is 6.41. The van der Waals surface area contributed by atoms with Crippen LogP contribution in [0.25, 0.3) is 0 Å². The fourth-order valence-electron chi connectivity index (χ4n) is 2.85. The van der Waals surface area contributed by atoms with Crippen LogP contribution in [0.5, 0.6) is 11.5 Å². The zero-order valence-corrected chi connectivity index (χ0v) is 15.0. The minimum atomic E-state index is 0.783. The van der Waals surface area contributed by atoms with Gasteiger partial charge in [-0.1, -0.05) is 24.4 Å². The van der Waals surface area contributed by atoms with E-state index in [-0.39, 0.29) is 0 Å². The summed E-state index contributed by atoms with van der Waals surface area (Å²) in [7, 11) is 3.90. The number of rotatable bonds is 4. The number of hydrogen-bond donors (Lipinski definition) is 0. The van der Waals surface area contributed by atoms with Crippen LogP contribution in [-0.2, 0) is 0 Å². The normalized spacial score (nSPS) is 14.9. The summed E-state index contributed by atoms with van der Waals surface area (Å²) in [6, 6.07) is 20.5. The molecule has 0 N–H and O–H groups in total. The molecule has 2 aliphatic heterocycles. The largest absolute Gasteiger partial charge is 0.495 e. The second-order valence-electron chi connectivity index (χ2n) is 6.36. The summed E-state index contributed by atoms with van der Waals surface area (Å²) in [6.45, 7) is 2.06. The Morgan fingerprint density at radius 3 is 2.04 bits per heavy atom. The Labute approximate surface area is 152 Å². The maximum Gasteiger partial charge on any atom is 0.495 e. The van der Waals surface area contributed by atoms with Gasteiger partial charge in [-0.2, -0.15) is 0 Å². The first-order chi connectivity index (χ1) is 12.6. The van der Waals surface area contributed by atoms with E-state index >= 15 is 0 Å². The van der Waals surface area contributed by atoms with Crippen molar-refractivity contribution >= 4 is 23.4 Å². The van der Waals surface area contributed by atoms with E-state index in [9.17, 15) is 0 Å². The van der Waals surface area contributed by atoms with Crippen molar-refractivity contribution in [2.24, 2.45) is 0 Å². The summed E-state index contributed by atoms with van der Waals surface area (Å²) >= 11 is 0. The molecule has 0 radical (unpaired) electrons. The zero-order valence-electron chi connectivity index (χ0n) is 15.0. The Balaban J connectivity index is 1.65. The second-order valence-corrected chi connectivity index (χ2v) is 6.36. The predicted octanol–water partition coefficient (Wildman–Crippen LogP) is 3.68. The molecule has 0 saturated heterocycles. The van der Waals surface area contributed by atoms with Gasteiger partial charge in [0.25, 0.3) is 12.4 Å². The van der Waals surface area contributed by atoms with Gasteiger partial charge in [0, 0.05) is 12.1 Å². The van der Waals surface area contributed by atoms with Crippen molar-refractivity contribution in [2.45, 2.75) is 6.92 Å². The van der Waals surface area contributed by atoms with E-state index in [1.807, 2.05) is 93.6 Å². The van der Waals surface area contributed by atoms with E-state index in [0.29, 0.717) is 0 Å². The summed E-state index contributed by atoms with van der Waals surface area (Å²) in [6.07, 6.45) is 7.85. The van der Waals surface area contributed by atoms with Crippen LogP contribution in [0.2, 0.25) is 0 Å². The lowest BCUT2D eigenvalue weighted by Crippen LogP contribution is -1.96. The summed E-state index contributed by atoms with van der Waals surface area (Å²) < 4.78 is 13.8. The fraction of sp³-hybridized carbons (Fsp3) is 0.143. The lowest BCUT2D eigenvalue weighted by molar-refractivity contribution is -0.429. The molecule has 26 heavy (non-hydrogen) atoms. The molecular weight excluding hydrogens is 324 g/mol. The van der Waals surface area contributed by atoms with Gasteiger partial charge in [-0.15, -0.1) is 0 Å². The van der Waals surface area contributed by atoms with Crippen LogP contribution in [0.4, 0.5) is 11.4 Å².